The highest BCUT2D eigenvalue weighted by atomic mass is 35.5. The molecule has 3 nitrogen and oxygen atoms in total. The third-order valence-electron chi connectivity index (χ3n) is 4.19. The minimum Gasteiger partial charge on any atom is -0.320 e. The molecule has 1 N–H and O–H groups in total. The summed E-state index contributed by atoms with van der Waals surface area (Å²) < 4.78 is 0. The number of aromatic nitrogens is 1. The second-order valence-corrected chi connectivity index (χ2v) is 6.39. The fourth-order valence-corrected chi connectivity index (χ4v) is 3.17. The van der Waals surface area contributed by atoms with E-state index in [2.05, 4.69) is 10.3 Å². The number of amides is 1. The SMILES string of the molecule is Cc1ccc2cccc(NC(=O)c3cccc4cc(Cl)ccc34)c2n1. The van der Waals surface area contributed by atoms with E-state index in [1.165, 1.54) is 0 Å². The smallest absolute Gasteiger partial charge is 0.256 e. The number of carbonyl (C=O) groups is 1. The Kier molecular flexibility index (Phi) is 3.86. The van der Waals surface area contributed by atoms with Gasteiger partial charge < -0.3 is 5.32 Å². The van der Waals surface area contributed by atoms with Crippen molar-refractivity contribution in [1.82, 2.24) is 4.98 Å². The van der Waals surface area contributed by atoms with Crippen molar-refractivity contribution in [2.45, 2.75) is 6.92 Å². The molecule has 0 aliphatic rings. The predicted molar refractivity (Wildman–Crippen MR) is 103 cm³/mol. The molecule has 0 spiro atoms. The molecule has 1 heterocycles. The van der Waals surface area contributed by atoms with Crippen molar-refractivity contribution in [3.8, 4) is 0 Å². The van der Waals surface area contributed by atoms with E-state index in [0.29, 0.717) is 16.3 Å². The number of hydrogen-bond donors (Lipinski definition) is 1. The highest BCUT2D eigenvalue weighted by Crippen LogP contribution is 2.26. The molecule has 0 fully saturated rings. The normalized spacial score (nSPS) is 11.0. The quantitative estimate of drug-likeness (QED) is 0.513. The molecule has 0 aliphatic carbocycles. The molecule has 0 aliphatic heterocycles. The number of fused-ring (bicyclic) bond motifs is 2. The Bertz CT molecular complexity index is 1120. The Balaban J connectivity index is 1.78. The largest absolute Gasteiger partial charge is 0.320 e. The van der Waals surface area contributed by atoms with Crippen LogP contribution in [0.1, 0.15) is 16.1 Å². The minimum atomic E-state index is -0.163. The van der Waals surface area contributed by atoms with Gasteiger partial charge in [0.05, 0.1) is 11.2 Å². The van der Waals surface area contributed by atoms with Crippen molar-refractivity contribution in [2.75, 3.05) is 5.32 Å². The van der Waals surface area contributed by atoms with E-state index >= 15 is 0 Å². The summed E-state index contributed by atoms with van der Waals surface area (Å²) in [5.74, 6) is -0.163. The zero-order valence-electron chi connectivity index (χ0n) is 13.6. The van der Waals surface area contributed by atoms with Crippen LogP contribution in [0.25, 0.3) is 21.7 Å². The molecule has 4 rings (SSSR count). The average Bonchev–Trinajstić information content (AvgIpc) is 2.61. The van der Waals surface area contributed by atoms with Crippen LogP contribution in [-0.2, 0) is 0 Å². The third-order valence-corrected chi connectivity index (χ3v) is 4.43. The molecule has 0 radical (unpaired) electrons. The van der Waals surface area contributed by atoms with Gasteiger partial charge in [0.15, 0.2) is 0 Å². The fraction of sp³-hybridized carbons (Fsp3) is 0.0476. The number of para-hydroxylation sites is 1. The first-order chi connectivity index (χ1) is 12.1. The number of carbonyl (C=O) groups excluding carboxylic acids is 1. The van der Waals surface area contributed by atoms with E-state index in [9.17, 15) is 4.79 Å². The second kappa shape index (κ2) is 6.19. The molecule has 0 saturated carbocycles. The summed E-state index contributed by atoms with van der Waals surface area (Å²) in [5, 5.41) is 6.45. The number of anilines is 1. The van der Waals surface area contributed by atoms with Crippen LogP contribution < -0.4 is 5.32 Å². The number of benzene rings is 3. The van der Waals surface area contributed by atoms with Gasteiger partial charge in [0.1, 0.15) is 0 Å². The molecule has 0 saturated heterocycles. The summed E-state index contributed by atoms with van der Waals surface area (Å²) in [5.41, 5.74) is 3.02. The van der Waals surface area contributed by atoms with Crippen molar-refractivity contribution >= 4 is 44.9 Å². The Morgan fingerprint density at radius 1 is 0.960 bits per heavy atom. The summed E-state index contributed by atoms with van der Waals surface area (Å²) in [6.45, 7) is 1.94. The van der Waals surface area contributed by atoms with Crippen molar-refractivity contribution in [3.05, 3.63) is 83.0 Å². The number of rotatable bonds is 2. The number of hydrogen-bond acceptors (Lipinski definition) is 2. The second-order valence-electron chi connectivity index (χ2n) is 5.96. The monoisotopic (exact) mass is 346 g/mol. The standard InChI is InChI=1S/C21H15ClN2O/c1-13-8-9-14-4-3-7-19(20(14)23-13)24-21(25)18-6-2-5-15-12-16(22)10-11-17(15)18/h2-12H,1H3,(H,24,25). The van der Waals surface area contributed by atoms with Gasteiger partial charge >= 0.3 is 0 Å². The molecule has 25 heavy (non-hydrogen) atoms. The fourth-order valence-electron chi connectivity index (χ4n) is 2.99. The van der Waals surface area contributed by atoms with Crippen molar-refractivity contribution < 1.29 is 4.79 Å². The van der Waals surface area contributed by atoms with E-state index in [-0.39, 0.29) is 5.91 Å². The molecule has 0 bridgehead atoms. The first-order valence-electron chi connectivity index (χ1n) is 7.98. The van der Waals surface area contributed by atoms with E-state index < -0.39 is 0 Å². The van der Waals surface area contributed by atoms with Gasteiger partial charge in [-0.25, -0.2) is 0 Å². The van der Waals surface area contributed by atoms with Gasteiger partial charge in [0.25, 0.3) is 5.91 Å². The lowest BCUT2D eigenvalue weighted by Crippen LogP contribution is -2.13. The number of nitrogens with zero attached hydrogens (tertiary/aromatic N) is 1. The zero-order chi connectivity index (χ0) is 17.4. The van der Waals surface area contributed by atoms with Crippen LogP contribution in [0.2, 0.25) is 5.02 Å². The maximum Gasteiger partial charge on any atom is 0.256 e. The van der Waals surface area contributed by atoms with Crippen LogP contribution in [0, 0.1) is 6.92 Å². The van der Waals surface area contributed by atoms with Crippen LogP contribution >= 0.6 is 11.6 Å². The highest BCUT2D eigenvalue weighted by Gasteiger charge is 2.12. The van der Waals surface area contributed by atoms with Crippen LogP contribution in [0.4, 0.5) is 5.69 Å². The van der Waals surface area contributed by atoms with E-state index in [1.807, 2.05) is 67.6 Å². The maximum atomic E-state index is 12.9. The first kappa shape index (κ1) is 15.6. The molecule has 4 heteroatoms. The summed E-state index contributed by atoms with van der Waals surface area (Å²) in [6.07, 6.45) is 0. The molecule has 1 amide bonds. The molecule has 3 aromatic carbocycles. The average molecular weight is 347 g/mol. The molecule has 0 atom stereocenters. The van der Waals surface area contributed by atoms with E-state index in [0.717, 1.165) is 27.4 Å². The van der Waals surface area contributed by atoms with E-state index in [4.69, 9.17) is 11.6 Å². The summed E-state index contributed by atoms with van der Waals surface area (Å²) >= 11 is 6.05. The van der Waals surface area contributed by atoms with Crippen molar-refractivity contribution in [1.29, 1.82) is 0 Å². The van der Waals surface area contributed by atoms with Crippen molar-refractivity contribution in [2.24, 2.45) is 0 Å². The zero-order valence-corrected chi connectivity index (χ0v) is 14.3. The Morgan fingerprint density at radius 3 is 2.64 bits per heavy atom. The molecule has 4 aromatic rings. The predicted octanol–water partition coefficient (Wildman–Crippen LogP) is 5.60. The minimum absolute atomic E-state index is 0.163. The van der Waals surface area contributed by atoms with Gasteiger partial charge in [-0.15, -0.1) is 0 Å². The summed E-state index contributed by atoms with van der Waals surface area (Å²) in [7, 11) is 0. The van der Waals surface area contributed by atoms with Gasteiger partial charge in [0.2, 0.25) is 0 Å². The van der Waals surface area contributed by atoms with Crippen LogP contribution in [-0.4, -0.2) is 10.9 Å². The van der Waals surface area contributed by atoms with Gasteiger partial charge in [-0.3, -0.25) is 9.78 Å². The van der Waals surface area contributed by atoms with Crippen LogP contribution in [0.5, 0.6) is 0 Å². The Hall–Kier alpha value is -2.91. The molecule has 1 aromatic heterocycles. The van der Waals surface area contributed by atoms with Gasteiger partial charge in [-0.1, -0.05) is 48.0 Å². The lowest BCUT2D eigenvalue weighted by Gasteiger charge is -2.10. The number of pyridine rings is 1. The molecular weight excluding hydrogens is 332 g/mol. The Morgan fingerprint density at radius 2 is 1.76 bits per heavy atom. The maximum absolute atomic E-state index is 12.9. The van der Waals surface area contributed by atoms with Crippen LogP contribution in [0.15, 0.2) is 66.7 Å². The number of nitrogens with one attached hydrogen (secondary N) is 1. The number of aryl methyl sites for hydroxylation is 1. The lowest BCUT2D eigenvalue weighted by molar-refractivity contribution is 0.102. The number of halogens is 1. The third kappa shape index (κ3) is 2.94. The van der Waals surface area contributed by atoms with Crippen molar-refractivity contribution in [3.63, 3.8) is 0 Å². The Labute approximate surface area is 150 Å². The highest BCUT2D eigenvalue weighted by molar-refractivity contribution is 6.31. The van der Waals surface area contributed by atoms with Crippen LogP contribution in [0.3, 0.4) is 0 Å². The lowest BCUT2D eigenvalue weighted by atomic mass is 10.0. The summed E-state index contributed by atoms with van der Waals surface area (Å²) in [4.78, 5) is 17.4. The molecule has 122 valence electrons. The summed E-state index contributed by atoms with van der Waals surface area (Å²) in [6, 6.07) is 20.9. The molecular formula is C21H15ClN2O. The first-order valence-corrected chi connectivity index (χ1v) is 8.36. The van der Waals surface area contributed by atoms with E-state index in [1.54, 1.807) is 6.07 Å². The van der Waals surface area contributed by atoms with Gasteiger partial charge in [-0.2, -0.15) is 0 Å². The van der Waals surface area contributed by atoms with Gasteiger partial charge in [-0.05, 0) is 48.0 Å². The topological polar surface area (TPSA) is 42.0 Å². The molecule has 0 unspecified atom stereocenters. The van der Waals surface area contributed by atoms with Gasteiger partial charge in [0, 0.05) is 21.7 Å².